The topological polar surface area (TPSA) is 21.8 Å². The molecule has 0 spiro atoms. The predicted molar refractivity (Wildman–Crippen MR) is 109 cm³/mol. The lowest BCUT2D eigenvalue weighted by atomic mass is 9.91. The monoisotopic (exact) mass is 352 g/mol. The number of ether oxygens (including phenoxy) is 2. The summed E-state index contributed by atoms with van der Waals surface area (Å²) in [6.45, 7) is 14.2. The molecule has 0 aromatic rings. The molecular weight excluding hydrogens is 308 g/mol. The van der Waals surface area contributed by atoms with Crippen molar-refractivity contribution in [2.45, 2.75) is 98.5 Å². The third kappa shape index (κ3) is 14.5. The van der Waals surface area contributed by atoms with Crippen molar-refractivity contribution in [2.24, 2.45) is 17.8 Å². The predicted octanol–water partition coefficient (Wildman–Crippen LogP) is 6.79. The van der Waals surface area contributed by atoms with Crippen LogP contribution in [-0.2, 0) is 9.47 Å². The Kier molecular flexibility index (Phi) is 12.5. The Hall–Kier alpha value is -0.340. The van der Waals surface area contributed by atoms with E-state index in [1.54, 1.807) is 0 Å². The van der Waals surface area contributed by atoms with E-state index in [0.717, 1.165) is 37.6 Å². The third-order valence-electron chi connectivity index (χ3n) is 5.40. The molecule has 0 N–H and O–H groups in total. The zero-order valence-corrected chi connectivity index (χ0v) is 17.7. The van der Waals surface area contributed by atoms with Crippen molar-refractivity contribution in [3.05, 3.63) is 11.6 Å². The summed E-state index contributed by atoms with van der Waals surface area (Å²) in [6, 6.07) is 0. The van der Waals surface area contributed by atoms with Gasteiger partial charge in [-0.25, -0.2) is 0 Å². The average Bonchev–Trinajstić information content (AvgIpc) is 3.35. The molecule has 0 radical (unpaired) electrons. The first-order valence-electron chi connectivity index (χ1n) is 10.8. The first kappa shape index (κ1) is 22.7. The third-order valence-corrected chi connectivity index (χ3v) is 5.40. The van der Waals surface area contributed by atoms with E-state index >= 15 is 0 Å². The highest BCUT2D eigenvalue weighted by molar-refractivity contribution is 4.97. The Morgan fingerprint density at radius 1 is 0.960 bits per heavy atom. The summed E-state index contributed by atoms with van der Waals surface area (Å²) in [5.41, 5.74) is 1.47. The Bertz CT molecular complexity index is 344. The molecule has 0 amide bonds. The number of epoxide rings is 1. The minimum absolute atomic E-state index is 0.382. The van der Waals surface area contributed by atoms with Crippen molar-refractivity contribution < 1.29 is 9.47 Å². The molecule has 0 aliphatic carbocycles. The first-order valence-corrected chi connectivity index (χ1v) is 10.8. The second-order valence-electron chi connectivity index (χ2n) is 8.90. The maximum Gasteiger partial charge on any atom is 0.104 e. The van der Waals surface area contributed by atoms with Crippen LogP contribution < -0.4 is 0 Å². The average molecular weight is 353 g/mol. The highest BCUT2D eigenvalue weighted by atomic mass is 16.6. The van der Waals surface area contributed by atoms with E-state index in [-0.39, 0.29) is 0 Å². The zero-order valence-electron chi connectivity index (χ0n) is 17.7. The molecule has 3 atom stereocenters. The van der Waals surface area contributed by atoms with Crippen LogP contribution in [0.4, 0.5) is 0 Å². The molecular formula is C23H44O2. The van der Waals surface area contributed by atoms with E-state index in [2.05, 4.69) is 40.7 Å². The summed E-state index contributed by atoms with van der Waals surface area (Å²) >= 11 is 0. The molecule has 0 saturated carbocycles. The van der Waals surface area contributed by atoms with E-state index in [9.17, 15) is 0 Å². The van der Waals surface area contributed by atoms with Crippen LogP contribution in [0.15, 0.2) is 11.6 Å². The van der Waals surface area contributed by atoms with Gasteiger partial charge in [0, 0.05) is 0 Å². The fraction of sp³-hybridized carbons (Fsp3) is 0.913. The summed E-state index contributed by atoms with van der Waals surface area (Å²) in [6.07, 6.45) is 15.0. The van der Waals surface area contributed by atoms with Crippen LogP contribution in [0.2, 0.25) is 0 Å². The lowest BCUT2D eigenvalue weighted by Gasteiger charge is -2.15. The van der Waals surface area contributed by atoms with Gasteiger partial charge in [0.2, 0.25) is 0 Å². The fourth-order valence-electron chi connectivity index (χ4n) is 3.37. The van der Waals surface area contributed by atoms with Gasteiger partial charge in [0.05, 0.1) is 19.8 Å². The van der Waals surface area contributed by atoms with E-state index in [1.807, 2.05) is 0 Å². The highest BCUT2D eigenvalue weighted by Gasteiger charge is 2.21. The van der Waals surface area contributed by atoms with Gasteiger partial charge >= 0.3 is 0 Å². The minimum atomic E-state index is 0.382. The Balaban J connectivity index is 1.93. The molecule has 2 heteroatoms. The lowest BCUT2D eigenvalue weighted by Crippen LogP contribution is -2.01. The van der Waals surface area contributed by atoms with E-state index < -0.39 is 0 Å². The first-order chi connectivity index (χ1) is 12.0. The fourth-order valence-corrected chi connectivity index (χ4v) is 3.37. The van der Waals surface area contributed by atoms with Crippen molar-refractivity contribution in [2.75, 3.05) is 19.8 Å². The molecule has 2 nitrogen and oxygen atoms in total. The second kappa shape index (κ2) is 13.8. The van der Waals surface area contributed by atoms with Crippen molar-refractivity contribution in [1.29, 1.82) is 0 Å². The molecule has 1 unspecified atom stereocenters. The molecule has 1 aliphatic rings. The molecule has 0 aromatic carbocycles. The van der Waals surface area contributed by atoms with Crippen LogP contribution >= 0.6 is 0 Å². The smallest absolute Gasteiger partial charge is 0.104 e. The Morgan fingerprint density at radius 3 is 2.08 bits per heavy atom. The molecule has 0 aromatic heterocycles. The molecule has 1 heterocycles. The Morgan fingerprint density at radius 2 is 1.52 bits per heavy atom. The van der Waals surface area contributed by atoms with Gasteiger partial charge in [-0.3, -0.25) is 0 Å². The van der Waals surface area contributed by atoms with E-state index in [4.69, 9.17) is 9.47 Å². The normalized spacial score (nSPS) is 20.1. The minimum Gasteiger partial charge on any atom is -0.375 e. The van der Waals surface area contributed by atoms with Crippen LogP contribution in [-0.4, -0.2) is 25.9 Å². The van der Waals surface area contributed by atoms with Gasteiger partial charge in [-0.15, -0.1) is 0 Å². The molecule has 148 valence electrons. The standard InChI is InChI=1S/C23H44O2/c1-19(2)9-6-10-20(3)11-7-12-21(4)13-8-14-22(5)15-16-24-17-23-18-25-23/h15,19-21,23H,6-14,16-18H2,1-5H3/b22-15+/t20-,21-,23?/m1/s1. The van der Waals surface area contributed by atoms with Gasteiger partial charge in [-0.2, -0.15) is 0 Å². The summed E-state index contributed by atoms with van der Waals surface area (Å²) in [4.78, 5) is 0. The molecule has 1 saturated heterocycles. The van der Waals surface area contributed by atoms with Gasteiger partial charge in [0.1, 0.15) is 6.10 Å². The van der Waals surface area contributed by atoms with Crippen molar-refractivity contribution in [3.8, 4) is 0 Å². The van der Waals surface area contributed by atoms with Crippen LogP contribution in [0.1, 0.15) is 92.4 Å². The summed E-state index contributed by atoms with van der Waals surface area (Å²) in [5.74, 6) is 2.65. The quantitative estimate of drug-likeness (QED) is 0.173. The summed E-state index contributed by atoms with van der Waals surface area (Å²) in [7, 11) is 0. The van der Waals surface area contributed by atoms with E-state index in [1.165, 1.54) is 63.4 Å². The van der Waals surface area contributed by atoms with Crippen molar-refractivity contribution >= 4 is 0 Å². The van der Waals surface area contributed by atoms with Crippen LogP contribution in [0.25, 0.3) is 0 Å². The van der Waals surface area contributed by atoms with Gasteiger partial charge in [-0.05, 0) is 37.5 Å². The molecule has 1 aliphatic heterocycles. The Labute approximate surface area is 157 Å². The summed E-state index contributed by atoms with van der Waals surface area (Å²) < 4.78 is 10.7. The lowest BCUT2D eigenvalue weighted by molar-refractivity contribution is 0.140. The molecule has 25 heavy (non-hydrogen) atoms. The van der Waals surface area contributed by atoms with Crippen molar-refractivity contribution in [1.82, 2.24) is 0 Å². The van der Waals surface area contributed by atoms with Crippen LogP contribution in [0.3, 0.4) is 0 Å². The molecule has 1 rings (SSSR count). The highest BCUT2D eigenvalue weighted by Crippen LogP contribution is 2.22. The number of rotatable bonds is 16. The van der Waals surface area contributed by atoms with Gasteiger partial charge in [0.15, 0.2) is 0 Å². The zero-order chi connectivity index (χ0) is 18.5. The number of hydrogen-bond donors (Lipinski definition) is 0. The second-order valence-corrected chi connectivity index (χ2v) is 8.90. The van der Waals surface area contributed by atoms with Gasteiger partial charge in [0.25, 0.3) is 0 Å². The largest absolute Gasteiger partial charge is 0.375 e. The van der Waals surface area contributed by atoms with Crippen molar-refractivity contribution in [3.63, 3.8) is 0 Å². The maximum absolute atomic E-state index is 5.57. The number of hydrogen-bond acceptors (Lipinski definition) is 2. The van der Waals surface area contributed by atoms with E-state index in [0.29, 0.717) is 6.10 Å². The number of allylic oxidation sites excluding steroid dienone is 1. The van der Waals surface area contributed by atoms with Gasteiger partial charge in [-0.1, -0.05) is 84.3 Å². The SMILES string of the molecule is C/C(=C\COCC1CO1)CCC[C@H](C)CCC[C@H](C)CCCC(C)C. The van der Waals surface area contributed by atoms with Crippen LogP contribution in [0.5, 0.6) is 0 Å². The van der Waals surface area contributed by atoms with Crippen LogP contribution in [0, 0.1) is 17.8 Å². The molecule has 1 fully saturated rings. The molecule has 0 bridgehead atoms. The maximum atomic E-state index is 5.57. The summed E-state index contributed by atoms with van der Waals surface area (Å²) in [5, 5.41) is 0. The van der Waals surface area contributed by atoms with Gasteiger partial charge < -0.3 is 9.47 Å².